The fourth-order valence-corrected chi connectivity index (χ4v) is 2.61. The van der Waals surface area contributed by atoms with Gasteiger partial charge >= 0.3 is 0 Å². The van der Waals surface area contributed by atoms with Crippen LogP contribution >= 0.6 is 28.3 Å². The lowest BCUT2D eigenvalue weighted by Gasteiger charge is -2.16. The van der Waals surface area contributed by atoms with Crippen molar-refractivity contribution in [2.45, 2.75) is 26.3 Å². The first-order valence-electron chi connectivity index (χ1n) is 6.62. The molecule has 0 bridgehead atoms. The summed E-state index contributed by atoms with van der Waals surface area (Å²) in [6, 6.07) is 2.14. The number of aromatic nitrogens is 1. The Kier molecular flexibility index (Phi) is 6.79. The molecule has 2 rings (SSSR count). The summed E-state index contributed by atoms with van der Waals surface area (Å²) in [6.45, 7) is 6.67. The van der Waals surface area contributed by atoms with Crippen molar-refractivity contribution in [1.29, 1.82) is 0 Å². The molecule has 0 atom stereocenters. The topological polar surface area (TPSA) is 46.1 Å². The zero-order valence-corrected chi connectivity index (χ0v) is 14.2. The molecule has 1 amide bonds. The van der Waals surface area contributed by atoms with Crippen LogP contribution in [0.5, 0.6) is 0 Å². The van der Waals surface area contributed by atoms with E-state index in [1.807, 2.05) is 16.8 Å². The maximum atomic E-state index is 12.2. The Bertz CT molecular complexity index is 497. The normalized spacial score (nSPS) is 14.7. The second kappa shape index (κ2) is 7.86. The minimum atomic E-state index is -0.0150. The molecule has 0 aromatic carbocycles. The van der Waals surface area contributed by atoms with Gasteiger partial charge in [-0.2, -0.15) is 0 Å². The van der Waals surface area contributed by atoms with Crippen molar-refractivity contribution in [2.75, 3.05) is 19.6 Å². The number of amides is 1. The first-order valence-corrected chi connectivity index (χ1v) is 7.41. The van der Waals surface area contributed by atoms with E-state index in [4.69, 9.17) is 0 Å². The number of carbonyl (C=O) groups excluding carboxylic acids is 1. The molecule has 0 aliphatic carbocycles. The van der Waals surface area contributed by atoms with Gasteiger partial charge in [0.1, 0.15) is 5.69 Å². The zero-order chi connectivity index (χ0) is 13.8. The van der Waals surface area contributed by atoms with Gasteiger partial charge in [-0.15, -0.1) is 12.4 Å². The average molecular weight is 363 g/mol. The van der Waals surface area contributed by atoms with E-state index in [-0.39, 0.29) is 24.4 Å². The van der Waals surface area contributed by atoms with Gasteiger partial charge in [-0.1, -0.05) is 11.6 Å². The lowest BCUT2D eigenvalue weighted by molar-refractivity contribution is 0.0946. The SMILES string of the molecule is CC(C)n1cc(Br)cc1C(=O)NCC1=CCNCC1.Cl. The molecule has 20 heavy (non-hydrogen) atoms. The highest BCUT2D eigenvalue weighted by molar-refractivity contribution is 9.10. The summed E-state index contributed by atoms with van der Waals surface area (Å²) in [5, 5.41) is 6.26. The van der Waals surface area contributed by atoms with Crippen molar-refractivity contribution >= 4 is 34.2 Å². The minimum Gasteiger partial charge on any atom is -0.347 e. The summed E-state index contributed by atoms with van der Waals surface area (Å²) < 4.78 is 2.92. The third-order valence-corrected chi connectivity index (χ3v) is 3.67. The van der Waals surface area contributed by atoms with Gasteiger partial charge in [0.15, 0.2) is 0 Å². The molecule has 1 aromatic rings. The monoisotopic (exact) mass is 361 g/mol. The number of hydrogen-bond acceptors (Lipinski definition) is 2. The highest BCUT2D eigenvalue weighted by Crippen LogP contribution is 2.19. The molecule has 0 fully saturated rings. The van der Waals surface area contributed by atoms with E-state index in [0.29, 0.717) is 12.2 Å². The van der Waals surface area contributed by atoms with Crippen molar-refractivity contribution in [3.05, 3.63) is 34.1 Å². The molecule has 6 heteroatoms. The number of halogens is 2. The van der Waals surface area contributed by atoms with Crippen molar-refractivity contribution in [3.8, 4) is 0 Å². The van der Waals surface area contributed by atoms with E-state index in [1.165, 1.54) is 5.57 Å². The number of rotatable bonds is 4. The first kappa shape index (κ1) is 17.3. The van der Waals surface area contributed by atoms with E-state index in [1.54, 1.807) is 0 Å². The molecule has 0 radical (unpaired) electrons. The quantitative estimate of drug-likeness (QED) is 0.809. The maximum absolute atomic E-state index is 12.2. The summed E-state index contributed by atoms with van der Waals surface area (Å²) >= 11 is 3.43. The number of nitrogens with one attached hydrogen (secondary N) is 2. The Balaban J connectivity index is 0.00000200. The molecule has 112 valence electrons. The lowest BCUT2D eigenvalue weighted by atomic mass is 10.1. The third-order valence-electron chi connectivity index (χ3n) is 3.24. The van der Waals surface area contributed by atoms with Gasteiger partial charge in [0.25, 0.3) is 5.91 Å². The van der Waals surface area contributed by atoms with Crippen LogP contribution in [0.3, 0.4) is 0 Å². The van der Waals surface area contributed by atoms with Crippen LogP contribution in [0.2, 0.25) is 0 Å². The molecule has 1 aliphatic rings. The fraction of sp³-hybridized carbons (Fsp3) is 0.500. The summed E-state index contributed by atoms with van der Waals surface area (Å²) in [6.07, 6.45) is 5.11. The maximum Gasteiger partial charge on any atom is 0.268 e. The summed E-state index contributed by atoms with van der Waals surface area (Å²) in [5.41, 5.74) is 2.00. The third kappa shape index (κ3) is 4.36. The fourth-order valence-electron chi connectivity index (χ4n) is 2.17. The molecule has 2 heterocycles. The largest absolute Gasteiger partial charge is 0.347 e. The lowest BCUT2D eigenvalue weighted by Crippen LogP contribution is -2.31. The predicted molar refractivity (Wildman–Crippen MR) is 87.7 cm³/mol. The van der Waals surface area contributed by atoms with Crippen LogP contribution in [-0.4, -0.2) is 30.1 Å². The highest BCUT2D eigenvalue weighted by Gasteiger charge is 2.15. The first-order chi connectivity index (χ1) is 9.08. The Morgan fingerprint density at radius 1 is 1.55 bits per heavy atom. The van der Waals surface area contributed by atoms with Crippen molar-refractivity contribution < 1.29 is 4.79 Å². The molecular weight excluding hydrogens is 342 g/mol. The molecule has 0 saturated carbocycles. The standard InChI is InChI=1S/C14H20BrN3O.ClH/c1-10(2)18-9-12(15)7-13(18)14(19)17-8-11-3-5-16-6-4-11;/h3,7,9-10,16H,4-6,8H2,1-2H3,(H,17,19);1H. The van der Waals surface area contributed by atoms with Crippen molar-refractivity contribution in [1.82, 2.24) is 15.2 Å². The number of carbonyl (C=O) groups is 1. The Labute approximate surface area is 134 Å². The van der Waals surface area contributed by atoms with Crippen LogP contribution < -0.4 is 10.6 Å². The van der Waals surface area contributed by atoms with Gasteiger partial charge in [0.2, 0.25) is 0 Å². The Morgan fingerprint density at radius 2 is 2.30 bits per heavy atom. The van der Waals surface area contributed by atoms with Crippen LogP contribution in [0, 0.1) is 0 Å². The predicted octanol–water partition coefficient (Wildman–Crippen LogP) is 2.90. The van der Waals surface area contributed by atoms with E-state index in [2.05, 4.69) is 46.5 Å². The highest BCUT2D eigenvalue weighted by atomic mass is 79.9. The Hall–Kier alpha value is -0.780. The Morgan fingerprint density at radius 3 is 2.90 bits per heavy atom. The number of hydrogen-bond donors (Lipinski definition) is 2. The molecule has 0 spiro atoms. The number of nitrogens with zero attached hydrogens (tertiary/aromatic N) is 1. The van der Waals surface area contributed by atoms with Gasteiger partial charge in [-0.25, -0.2) is 0 Å². The van der Waals surface area contributed by atoms with Crippen LogP contribution in [0.15, 0.2) is 28.4 Å². The van der Waals surface area contributed by atoms with Crippen molar-refractivity contribution in [3.63, 3.8) is 0 Å². The zero-order valence-electron chi connectivity index (χ0n) is 11.8. The second-order valence-electron chi connectivity index (χ2n) is 5.04. The molecule has 4 nitrogen and oxygen atoms in total. The van der Waals surface area contributed by atoms with Crippen LogP contribution in [0.25, 0.3) is 0 Å². The van der Waals surface area contributed by atoms with E-state index in [0.717, 1.165) is 24.0 Å². The summed E-state index contributed by atoms with van der Waals surface area (Å²) in [4.78, 5) is 12.2. The molecule has 2 N–H and O–H groups in total. The molecule has 0 saturated heterocycles. The van der Waals surface area contributed by atoms with Crippen LogP contribution in [-0.2, 0) is 0 Å². The summed E-state index contributed by atoms with van der Waals surface area (Å²) in [5.74, 6) is -0.0150. The van der Waals surface area contributed by atoms with Crippen LogP contribution in [0.1, 0.15) is 36.8 Å². The van der Waals surface area contributed by atoms with E-state index < -0.39 is 0 Å². The van der Waals surface area contributed by atoms with Gasteiger partial charge in [-0.3, -0.25) is 4.79 Å². The smallest absolute Gasteiger partial charge is 0.268 e. The van der Waals surface area contributed by atoms with Gasteiger partial charge < -0.3 is 15.2 Å². The molecule has 1 aliphatic heterocycles. The van der Waals surface area contributed by atoms with Gasteiger partial charge in [0.05, 0.1) is 0 Å². The summed E-state index contributed by atoms with van der Waals surface area (Å²) in [7, 11) is 0. The average Bonchev–Trinajstić information content (AvgIpc) is 2.79. The van der Waals surface area contributed by atoms with E-state index >= 15 is 0 Å². The molecule has 1 aromatic heterocycles. The molecular formula is C14H21BrClN3O. The van der Waals surface area contributed by atoms with Crippen LogP contribution in [0.4, 0.5) is 0 Å². The molecule has 0 unspecified atom stereocenters. The minimum absolute atomic E-state index is 0. The van der Waals surface area contributed by atoms with Gasteiger partial charge in [0, 0.05) is 29.8 Å². The van der Waals surface area contributed by atoms with E-state index in [9.17, 15) is 4.79 Å². The second-order valence-corrected chi connectivity index (χ2v) is 5.96. The van der Waals surface area contributed by atoms with Crippen molar-refractivity contribution in [2.24, 2.45) is 0 Å². The van der Waals surface area contributed by atoms with Gasteiger partial charge in [-0.05, 0) is 48.8 Å².